The number of aromatic nitrogens is 2. The average molecular weight is 520 g/mol. The number of nitrogens with zero attached hydrogens (tertiary/aromatic N) is 3. The Labute approximate surface area is 214 Å². The van der Waals surface area contributed by atoms with E-state index in [9.17, 15) is 13.2 Å². The minimum absolute atomic E-state index is 0.0435. The van der Waals surface area contributed by atoms with Crippen LogP contribution in [-0.4, -0.2) is 48.5 Å². The van der Waals surface area contributed by atoms with E-state index in [1.165, 1.54) is 19.2 Å². The predicted molar refractivity (Wildman–Crippen MR) is 139 cm³/mol. The van der Waals surface area contributed by atoms with Crippen molar-refractivity contribution in [3.8, 4) is 28.4 Å². The summed E-state index contributed by atoms with van der Waals surface area (Å²) < 4.78 is 36.3. The van der Waals surface area contributed by atoms with Crippen molar-refractivity contribution in [3.05, 3.63) is 89.6 Å². The van der Waals surface area contributed by atoms with Crippen LogP contribution < -0.4 is 9.47 Å². The summed E-state index contributed by atoms with van der Waals surface area (Å²) in [4.78, 5) is 13.3. The van der Waals surface area contributed by atoms with E-state index < -0.39 is 15.8 Å². The number of oxime groups is 1. The highest BCUT2D eigenvalue weighted by Gasteiger charge is 2.21. The molecule has 0 aliphatic rings. The summed E-state index contributed by atoms with van der Waals surface area (Å²) in [5.41, 5.74) is 4.09. The highest BCUT2D eigenvalue weighted by Crippen LogP contribution is 2.30. The van der Waals surface area contributed by atoms with Gasteiger partial charge in [-0.05, 0) is 62.4 Å². The van der Waals surface area contributed by atoms with Crippen LogP contribution in [0.5, 0.6) is 11.5 Å². The topological polar surface area (TPSA) is 120 Å². The van der Waals surface area contributed by atoms with Crippen LogP contribution in [0, 0.1) is 6.92 Å². The molecule has 0 spiro atoms. The van der Waals surface area contributed by atoms with Crippen molar-refractivity contribution in [3.63, 3.8) is 0 Å². The number of sulfone groups is 1. The minimum Gasteiger partial charge on any atom is -0.493 e. The Morgan fingerprint density at radius 2 is 1.65 bits per heavy atom. The highest BCUT2D eigenvalue weighted by atomic mass is 32.2. The Balaban J connectivity index is 1.74. The van der Waals surface area contributed by atoms with Crippen LogP contribution in [0.25, 0.3) is 16.9 Å². The highest BCUT2D eigenvalue weighted by molar-refractivity contribution is 7.90. The summed E-state index contributed by atoms with van der Waals surface area (Å²) in [6, 6.07) is 20.3. The molecule has 10 heteroatoms. The van der Waals surface area contributed by atoms with Gasteiger partial charge in [0.2, 0.25) is 0 Å². The van der Waals surface area contributed by atoms with Crippen LogP contribution in [0.15, 0.2) is 82.8 Å². The molecule has 9 nitrogen and oxygen atoms in total. The van der Waals surface area contributed by atoms with Crippen molar-refractivity contribution in [1.82, 2.24) is 9.78 Å². The third-order valence-corrected chi connectivity index (χ3v) is 6.84. The van der Waals surface area contributed by atoms with Crippen molar-refractivity contribution >= 4 is 21.5 Å². The summed E-state index contributed by atoms with van der Waals surface area (Å²) in [7, 11) is -1.93. The number of hydrogen-bond acceptors (Lipinski definition) is 8. The van der Waals surface area contributed by atoms with Crippen LogP contribution in [-0.2, 0) is 9.84 Å². The van der Waals surface area contributed by atoms with Crippen molar-refractivity contribution in [2.75, 3.05) is 13.4 Å². The molecule has 4 aromatic rings. The van der Waals surface area contributed by atoms with Gasteiger partial charge >= 0.3 is 5.97 Å². The Hall–Kier alpha value is -4.44. The Kier molecular flexibility index (Phi) is 7.12. The quantitative estimate of drug-likeness (QED) is 0.124. The lowest BCUT2D eigenvalue weighted by molar-refractivity contribution is 0.0723. The van der Waals surface area contributed by atoms with E-state index >= 15 is 0 Å². The number of aryl methyl sites for hydroxylation is 1. The van der Waals surface area contributed by atoms with Gasteiger partial charge in [-0.25, -0.2) is 17.9 Å². The third-order valence-electron chi connectivity index (χ3n) is 5.71. The maximum atomic E-state index is 13.1. The van der Waals surface area contributed by atoms with Crippen LogP contribution in [0.3, 0.4) is 0 Å². The summed E-state index contributed by atoms with van der Waals surface area (Å²) in [5, 5.41) is 16.7. The molecule has 190 valence electrons. The number of rotatable bonds is 7. The van der Waals surface area contributed by atoms with E-state index in [1.54, 1.807) is 48.0 Å². The molecule has 37 heavy (non-hydrogen) atoms. The Morgan fingerprint density at radius 3 is 2.24 bits per heavy atom. The summed E-state index contributed by atoms with van der Waals surface area (Å²) in [6.45, 7) is 3.60. The van der Waals surface area contributed by atoms with Gasteiger partial charge in [0.25, 0.3) is 0 Å². The van der Waals surface area contributed by atoms with Crippen LogP contribution in [0.1, 0.15) is 28.5 Å². The van der Waals surface area contributed by atoms with Crippen LogP contribution in [0.4, 0.5) is 0 Å². The van der Waals surface area contributed by atoms with Gasteiger partial charge in [-0.2, -0.15) is 5.10 Å². The zero-order chi connectivity index (χ0) is 26.7. The molecular formula is C27H25N3O6S. The number of carbonyl (C=O) groups excluding carboxylic acids is 1. The first-order valence-electron chi connectivity index (χ1n) is 11.2. The van der Waals surface area contributed by atoms with Gasteiger partial charge in [0.15, 0.2) is 27.0 Å². The van der Waals surface area contributed by atoms with Crippen molar-refractivity contribution in [2.45, 2.75) is 18.7 Å². The lowest BCUT2D eigenvalue weighted by atomic mass is 10.1. The normalized spacial score (nSPS) is 11.8. The van der Waals surface area contributed by atoms with Gasteiger partial charge in [0.1, 0.15) is 0 Å². The lowest BCUT2D eigenvalue weighted by Crippen LogP contribution is -2.11. The van der Waals surface area contributed by atoms with E-state index in [0.29, 0.717) is 22.7 Å². The van der Waals surface area contributed by atoms with E-state index in [1.807, 2.05) is 31.2 Å². The molecule has 0 aliphatic carbocycles. The van der Waals surface area contributed by atoms with Gasteiger partial charge in [0.05, 0.1) is 29.1 Å². The molecule has 0 bridgehead atoms. The first-order valence-corrected chi connectivity index (χ1v) is 13.1. The molecular weight excluding hydrogens is 494 g/mol. The smallest absolute Gasteiger partial charge is 0.364 e. The summed E-state index contributed by atoms with van der Waals surface area (Å²) in [5.74, 6) is -0.257. The number of esters is 1. The molecule has 0 fully saturated rings. The van der Waals surface area contributed by atoms with E-state index in [-0.39, 0.29) is 22.1 Å². The molecule has 0 radical (unpaired) electrons. The minimum atomic E-state index is -3.37. The molecule has 1 aromatic heterocycles. The van der Waals surface area contributed by atoms with Crippen molar-refractivity contribution in [1.29, 1.82) is 0 Å². The fourth-order valence-electron chi connectivity index (χ4n) is 3.63. The second-order valence-corrected chi connectivity index (χ2v) is 10.4. The van der Waals surface area contributed by atoms with Crippen LogP contribution in [0.2, 0.25) is 0 Å². The van der Waals surface area contributed by atoms with E-state index in [4.69, 9.17) is 14.7 Å². The summed E-state index contributed by atoms with van der Waals surface area (Å²) >= 11 is 0. The maximum absolute atomic E-state index is 13.1. The molecule has 0 saturated heterocycles. The van der Waals surface area contributed by atoms with Gasteiger partial charge in [-0.15, -0.1) is 0 Å². The predicted octanol–water partition coefficient (Wildman–Crippen LogP) is 4.68. The molecule has 0 saturated carbocycles. The molecule has 0 unspecified atom stereocenters. The standard InChI is InChI=1S/C27H25N3O6S/c1-17-5-7-19(8-6-17)24-16-23(28-30(24)21-10-12-22(13-11-21)37(4,33)34)27(31)36-25-14-9-20(18(2)29-32)15-26(25)35-3/h5-16,32H,1-4H3/b29-18-. The van der Waals surface area contributed by atoms with Crippen molar-refractivity contribution in [2.24, 2.45) is 5.16 Å². The molecule has 4 rings (SSSR count). The first kappa shape index (κ1) is 25.6. The maximum Gasteiger partial charge on any atom is 0.364 e. The number of methoxy groups -OCH3 is 1. The first-order chi connectivity index (χ1) is 17.6. The fourth-order valence-corrected chi connectivity index (χ4v) is 4.26. The zero-order valence-electron chi connectivity index (χ0n) is 20.7. The largest absolute Gasteiger partial charge is 0.493 e. The van der Waals surface area contributed by atoms with Gasteiger partial charge in [0, 0.05) is 17.4 Å². The molecule has 3 aromatic carbocycles. The van der Waals surface area contributed by atoms with Gasteiger partial charge in [-0.3, -0.25) is 0 Å². The van der Waals surface area contributed by atoms with Crippen LogP contribution >= 0.6 is 0 Å². The monoisotopic (exact) mass is 519 g/mol. The molecule has 1 N–H and O–H groups in total. The fraction of sp³-hybridized carbons (Fsp3) is 0.148. The molecule has 0 atom stereocenters. The molecule has 1 heterocycles. The Morgan fingerprint density at radius 1 is 0.973 bits per heavy atom. The number of benzene rings is 3. The van der Waals surface area contributed by atoms with E-state index in [0.717, 1.165) is 17.4 Å². The van der Waals surface area contributed by atoms with Gasteiger partial charge < -0.3 is 14.7 Å². The number of carbonyl (C=O) groups is 1. The second-order valence-electron chi connectivity index (χ2n) is 8.40. The molecule has 0 aliphatic heterocycles. The number of hydrogen-bond donors (Lipinski definition) is 1. The molecule has 0 amide bonds. The zero-order valence-corrected chi connectivity index (χ0v) is 21.5. The second kappa shape index (κ2) is 10.3. The third kappa shape index (κ3) is 5.54. The average Bonchev–Trinajstić information content (AvgIpc) is 3.34. The summed E-state index contributed by atoms with van der Waals surface area (Å²) in [6.07, 6.45) is 1.14. The SMILES string of the molecule is COc1cc(/C(C)=N\O)ccc1OC(=O)c1cc(-c2ccc(C)cc2)n(-c2ccc(S(C)(=O)=O)cc2)n1. The Bertz CT molecular complexity index is 1590. The van der Waals surface area contributed by atoms with Crippen molar-refractivity contribution < 1.29 is 27.9 Å². The van der Waals surface area contributed by atoms with E-state index in [2.05, 4.69) is 10.3 Å². The number of ether oxygens (including phenoxy) is 2. The van der Waals surface area contributed by atoms with Gasteiger partial charge in [-0.1, -0.05) is 35.0 Å². The lowest BCUT2D eigenvalue weighted by Gasteiger charge is -2.10.